The molecule has 1 unspecified atom stereocenters. The predicted octanol–water partition coefficient (Wildman–Crippen LogP) is 2.39. The Kier molecular flexibility index (Phi) is 6.39. The van der Waals surface area contributed by atoms with Gasteiger partial charge in [-0.2, -0.15) is 0 Å². The van der Waals surface area contributed by atoms with Crippen LogP contribution < -0.4 is 14.2 Å². The molecule has 2 heterocycles. The van der Waals surface area contributed by atoms with Crippen molar-refractivity contribution in [3.63, 3.8) is 0 Å². The molecule has 1 aromatic carbocycles. The molecule has 0 spiro atoms. The number of aliphatic hydroxyl groups excluding tert-OH is 1. The van der Waals surface area contributed by atoms with Crippen LogP contribution in [0.1, 0.15) is 27.8 Å². The average molecular weight is 420 g/mol. The summed E-state index contributed by atoms with van der Waals surface area (Å²) in [6, 6.07) is 3.52. The van der Waals surface area contributed by atoms with Gasteiger partial charge in [-0.15, -0.1) is 11.8 Å². The first-order chi connectivity index (χ1) is 13.9. The second-order valence-corrected chi connectivity index (χ2v) is 7.56. The molecular formula is C20H24N2O6S. The van der Waals surface area contributed by atoms with E-state index in [1.807, 2.05) is 0 Å². The van der Waals surface area contributed by atoms with E-state index in [0.29, 0.717) is 39.8 Å². The van der Waals surface area contributed by atoms with Crippen molar-refractivity contribution in [2.45, 2.75) is 25.4 Å². The van der Waals surface area contributed by atoms with E-state index in [9.17, 15) is 15.0 Å². The van der Waals surface area contributed by atoms with Gasteiger partial charge in [-0.1, -0.05) is 0 Å². The Morgan fingerprint density at radius 2 is 1.83 bits per heavy atom. The number of aliphatic hydroxyl groups is 1. The standard InChI is InChI=1S/C20H24N2O6S/c1-11-19(25)14(12(9-23)7-21-11)8-22-18(24)10-29-20(22)13-5-16(27-3)17(28-4)6-15(13)26-2/h5-7,20,23,25H,8-10H2,1-4H3. The van der Waals surface area contributed by atoms with Crippen LogP contribution in [-0.2, 0) is 17.9 Å². The highest BCUT2D eigenvalue weighted by Gasteiger charge is 2.36. The van der Waals surface area contributed by atoms with Gasteiger partial charge >= 0.3 is 0 Å². The third kappa shape index (κ3) is 3.92. The normalized spacial score (nSPS) is 16.2. The van der Waals surface area contributed by atoms with E-state index >= 15 is 0 Å². The van der Waals surface area contributed by atoms with E-state index in [2.05, 4.69) is 4.98 Å². The van der Waals surface area contributed by atoms with Crippen LogP contribution in [0.25, 0.3) is 0 Å². The summed E-state index contributed by atoms with van der Waals surface area (Å²) >= 11 is 1.46. The number of rotatable bonds is 7. The maximum atomic E-state index is 12.7. The molecule has 3 rings (SSSR count). The first-order valence-corrected chi connectivity index (χ1v) is 9.98. The molecule has 0 bridgehead atoms. The molecule has 29 heavy (non-hydrogen) atoms. The lowest BCUT2D eigenvalue weighted by molar-refractivity contribution is -0.128. The van der Waals surface area contributed by atoms with Crippen LogP contribution in [0.2, 0.25) is 0 Å². The first-order valence-electron chi connectivity index (χ1n) is 8.93. The van der Waals surface area contributed by atoms with E-state index in [1.54, 1.807) is 45.3 Å². The molecule has 156 valence electrons. The topological polar surface area (TPSA) is 101 Å². The Bertz CT molecular complexity index is 920. The fourth-order valence-electron chi connectivity index (χ4n) is 3.30. The van der Waals surface area contributed by atoms with Gasteiger partial charge in [0.15, 0.2) is 11.5 Å². The van der Waals surface area contributed by atoms with Crippen molar-refractivity contribution in [2.75, 3.05) is 27.1 Å². The molecule has 8 nitrogen and oxygen atoms in total. The van der Waals surface area contributed by atoms with Crippen LogP contribution in [0.4, 0.5) is 0 Å². The summed E-state index contributed by atoms with van der Waals surface area (Å²) in [7, 11) is 4.64. The minimum absolute atomic E-state index is 0.0146. The lowest BCUT2D eigenvalue weighted by atomic mass is 10.1. The van der Waals surface area contributed by atoms with Crippen molar-refractivity contribution < 1.29 is 29.2 Å². The summed E-state index contributed by atoms with van der Waals surface area (Å²) in [5.74, 6) is 1.83. The molecule has 0 saturated carbocycles. The smallest absolute Gasteiger partial charge is 0.234 e. The third-order valence-electron chi connectivity index (χ3n) is 4.90. The quantitative estimate of drug-likeness (QED) is 0.704. The number of benzene rings is 1. The van der Waals surface area contributed by atoms with Gasteiger partial charge in [-0.3, -0.25) is 9.78 Å². The largest absolute Gasteiger partial charge is 0.506 e. The summed E-state index contributed by atoms with van der Waals surface area (Å²) in [5.41, 5.74) is 2.17. The van der Waals surface area contributed by atoms with Crippen LogP contribution in [0.5, 0.6) is 23.0 Å². The van der Waals surface area contributed by atoms with Gasteiger partial charge in [0.1, 0.15) is 16.9 Å². The van der Waals surface area contributed by atoms with Crippen molar-refractivity contribution >= 4 is 17.7 Å². The van der Waals surface area contributed by atoms with Gasteiger partial charge < -0.3 is 29.3 Å². The number of thioether (sulfide) groups is 1. The Morgan fingerprint density at radius 1 is 1.17 bits per heavy atom. The molecule has 9 heteroatoms. The van der Waals surface area contributed by atoms with E-state index in [4.69, 9.17) is 14.2 Å². The Hall–Kier alpha value is -2.65. The van der Waals surface area contributed by atoms with E-state index < -0.39 is 0 Å². The van der Waals surface area contributed by atoms with E-state index in [1.165, 1.54) is 18.0 Å². The molecule has 0 radical (unpaired) electrons. The number of aryl methyl sites for hydroxylation is 1. The molecule has 1 aromatic heterocycles. The second kappa shape index (κ2) is 8.79. The van der Waals surface area contributed by atoms with Gasteiger partial charge in [-0.05, 0) is 13.0 Å². The summed E-state index contributed by atoms with van der Waals surface area (Å²) in [6.45, 7) is 1.53. The number of methoxy groups -OCH3 is 3. The lowest BCUT2D eigenvalue weighted by Crippen LogP contribution is -2.28. The number of carbonyl (C=O) groups excluding carboxylic acids is 1. The number of aromatic hydroxyl groups is 1. The number of pyridine rings is 1. The van der Waals surface area contributed by atoms with E-state index in [0.717, 1.165) is 5.56 Å². The zero-order chi connectivity index (χ0) is 21.1. The Balaban J connectivity index is 2.04. The highest BCUT2D eigenvalue weighted by atomic mass is 32.2. The highest BCUT2D eigenvalue weighted by molar-refractivity contribution is 8.00. The highest BCUT2D eigenvalue weighted by Crippen LogP contribution is 2.47. The fraction of sp³-hybridized carbons (Fsp3) is 0.400. The van der Waals surface area contributed by atoms with Crippen molar-refractivity contribution in [2.24, 2.45) is 0 Å². The number of carbonyl (C=O) groups is 1. The van der Waals surface area contributed by atoms with E-state index in [-0.39, 0.29) is 30.2 Å². The molecule has 1 aliphatic rings. The molecule has 1 saturated heterocycles. The molecular weight excluding hydrogens is 396 g/mol. The van der Waals surface area contributed by atoms with Gasteiger partial charge in [0, 0.05) is 29.0 Å². The number of ether oxygens (including phenoxy) is 3. The summed E-state index contributed by atoms with van der Waals surface area (Å²) in [4.78, 5) is 18.4. The van der Waals surface area contributed by atoms with Crippen LogP contribution in [0.15, 0.2) is 18.3 Å². The first kappa shape index (κ1) is 21.1. The summed E-state index contributed by atoms with van der Waals surface area (Å²) < 4.78 is 16.3. The third-order valence-corrected chi connectivity index (χ3v) is 6.14. The summed E-state index contributed by atoms with van der Waals surface area (Å²) in [6.07, 6.45) is 1.52. The fourth-order valence-corrected chi connectivity index (χ4v) is 4.50. The van der Waals surface area contributed by atoms with Gasteiger partial charge in [-0.25, -0.2) is 0 Å². The summed E-state index contributed by atoms with van der Waals surface area (Å²) in [5, 5.41) is 19.8. The van der Waals surface area contributed by atoms with Crippen LogP contribution >= 0.6 is 11.8 Å². The maximum Gasteiger partial charge on any atom is 0.234 e. The zero-order valence-corrected chi connectivity index (χ0v) is 17.6. The van der Waals surface area contributed by atoms with Gasteiger partial charge in [0.2, 0.25) is 5.91 Å². The van der Waals surface area contributed by atoms with Crippen LogP contribution in [-0.4, -0.2) is 53.1 Å². The van der Waals surface area contributed by atoms with Gasteiger partial charge in [0.05, 0.1) is 45.9 Å². The minimum atomic E-state index is -0.350. The molecule has 1 aliphatic heterocycles. The molecule has 1 atom stereocenters. The molecule has 1 fully saturated rings. The number of nitrogens with zero attached hydrogens (tertiary/aromatic N) is 2. The van der Waals surface area contributed by atoms with Crippen molar-refractivity contribution in [1.29, 1.82) is 0 Å². The lowest BCUT2D eigenvalue weighted by Gasteiger charge is -2.27. The SMILES string of the molecule is COc1cc(OC)c(C2SCC(=O)N2Cc2c(CO)cnc(C)c2O)cc1OC. The molecule has 2 N–H and O–H groups in total. The number of hydrogen-bond donors (Lipinski definition) is 2. The Morgan fingerprint density at radius 3 is 2.45 bits per heavy atom. The van der Waals surface area contributed by atoms with Crippen LogP contribution in [0.3, 0.4) is 0 Å². The zero-order valence-electron chi connectivity index (χ0n) is 16.8. The average Bonchev–Trinajstić information content (AvgIpc) is 3.10. The number of aromatic nitrogens is 1. The maximum absolute atomic E-state index is 12.7. The molecule has 1 amide bonds. The Labute approximate surface area is 173 Å². The number of hydrogen-bond acceptors (Lipinski definition) is 8. The second-order valence-electron chi connectivity index (χ2n) is 6.49. The minimum Gasteiger partial charge on any atom is -0.506 e. The molecule has 2 aromatic rings. The van der Waals surface area contributed by atoms with Crippen LogP contribution in [0, 0.1) is 6.92 Å². The monoisotopic (exact) mass is 420 g/mol. The van der Waals surface area contributed by atoms with Crippen molar-refractivity contribution in [1.82, 2.24) is 9.88 Å². The molecule has 0 aliphatic carbocycles. The van der Waals surface area contributed by atoms with Gasteiger partial charge in [0.25, 0.3) is 0 Å². The van der Waals surface area contributed by atoms with Crippen molar-refractivity contribution in [3.05, 3.63) is 40.7 Å². The number of amides is 1. The van der Waals surface area contributed by atoms with Crippen molar-refractivity contribution in [3.8, 4) is 23.0 Å². The predicted molar refractivity (Wildman–Crippen MR) is 108 cm³/mol.